The maximum atomic E-state index is 12.6. The number of benzene rings is 2. The van der Waals surface area contributed by atoms with Crippen molar-refractivity contribution in [1.29, 1.82) is 0 Å². The lowest BCUT2D eigenvalue weighted by Gasteiger charge is -2.08. The van der Waals surface area contributed by atoms with Crippen LogP contribution in [0.4, 0.5) is 5.69 Å². The van der Waals surface area contributed by atoms with Gasteiger partial charge in [-0.15, -0.1) is 11.3 Å². The normalized spacial score (nSPS) is 11.7. The Hall–Kier alpha value is -2.91. The SMILES string of the molecule is Cc1nc(-c2ccc(NS(=O)(=O)c3ccc4oc(=O)[nH]c4c3)cc2)cs1. The highest BCUT2D eigenvalue weighted by atomic mass is 32.2. The molecule has 132 valence electrons. The second-order valence-corrected chi connectivity index (χ2v) is 8.35. The summed E-state index contributed by atoms with van der Waals surface area (Å²) in [6, 6.07) is 11.2. The second-order valence-electron chi connectivity index (χ2n) is 5.61. The van der Waals surface area contributed by atoms with E-state index >= 15 is 0 Å². The van der Waals surface area contributed by atoms with Crippen molar-refractivity contribution in [3.05, 3.63) is 63.4 Å². The molecule has 0 aliphatic carbocycles. The summed E-state index contributed by atoms with van der Waals surface area (Å²) in [6.07, 6.45) is 0. The molecule has 7 nitrogen and oxygen atoms in total. The Morgan fingerprint density at radius 3 is 2.62 bits per heavy atom. The largest absolute Gasteiger partial charge is 0.417 e. The van der Waals surface area contributed by atoms with Crippen LogP contribution in [0.5, 0.6) is 0 Å². The molecule has 9 heteroatoms. The van der Waals surface area contributed by atoms with Gasteiger partial charge in [-0.1, -0.05) is 12.1 Å². The number of H-pyrrole nitrogens is 1. The quantitative estimate of drug-likeness (QED) is 0.559. The van der Waals surface area contributed by atoms with E-state index in [4.69, 9.17) is 4.42 Å². The van der Waals surface area contributed by atoms with Crippen molar-refractivity contribution < 1.29 is 12.8 Å². The molecule has 0 fully saturated rings. The van der Waals surface area contributed by atoms with Crippen molar-refractivity contribution in [3.8, 4) is 11.3 Å². The Morgan fingerprint density at radius 1 is 1.15 bits per heavy atom. The molecule has 0 saturated carbocycles. The predicted molar refractivity (Wildman–Crippen MR) is 99.9 cm³/mol. The van der Waals surface area contributed by atoms with Crippen LogP contribution in [-0.4, -0.2) is 18.4 Å². The first-order valence-corrected chi connectivity index (χ1v) is 9.95. The van der Waals surface area contributed by atoms with E-state index in [1.54, 1.807) is 23.5 Å². The number of hydrogen-bond acceptors (Lipinski definition) is 6. The van der Waals surface area contributed by atoms with Crippen molar-refractivity contribution in [2.45, 2.75) is 11.8 Å². The topological polar surface area (TPSA) is 105 Å². The van der Waals surface area contributed by atoms with E-state index in [1.807, 2.05) is 24.4 Å². The number of nitrogens with zero attached hydrogens (tertiary/aromatic N) is 1. The lowest BCUT2D eigenvalue weighted by Crippen LogP contribution is -2.12. The van der Waals surface area contributed by atoms with Crippen LogP contribution in [0.1, 0.15) is 5.01 Å². The Labute approximate surface area is 152 Å². The smallest absolute Gasteiger partial charge is 0.408 e. The maximum Gasteiger partial charge on any atom is 0.417 e. The van der Waals surface area contributed by atoms with Gasteiger partial charge in [0.2, 0.25) is 0 Å². The number of aromatic amines is 1. The fraction of sp³-hybridized carbons (Fsp3) is 0.0588. The summed E-state index contributed by atoms with van der Waals surface area (Å²) in [5.74, 6) is -0.629. The van der Waals surface area contributed by atoms with Gasteiger partial charge in [0, 0.05) is 16.6 Å². The number of anilines is 1. The van der Waals surface area contributed by atoms with E-state index in [-0.39, 0.29) is 4.90 Å². The third-order valence-electron chi connectivity index (χ3n) is 3.75. The highest BCUT2D eigenvalue weighted by Crippen LogP contribution is 2.25. The number of fused-ring (bicyclic) bond motifs is 1. The molecule has 2 N–H and O–H groups in total. The predicted octanol–water partition coefficient (Wildman–Crippen LogP) is 3.35. The number of rotatable bonds is 4. The summed E-state index contributed by atoms with van der Waals surface area (Å²) in [5, 5.41) is 2.92. The van der Waals surface area contributed by atoms with Crippen molar-refractivity contribution in [2.24, 2.45) is 0 Å². The Bertz CT molecular complexity index is 1250. The van der Waals surface area contributed by atoms with E-state index in [2.05, 4.69) is 14.7 Å². The average Bonchev–Trinajstić information content (AvgIpc) is 3.19. The first-order valence-electron chi connectivity index (χ1n) is 7.59. The molecule has 2 heterocycles. The minimum absolute atomic E-state index is 0.0289. The number of aryl methyl sites for hydroxylation is 1. The molecule has 0 bridgehead atoms. The Morgan fingerprint density at radius 2 is 1.92 bits per heavy atom. The van der Waals surface area contributed by atoms with Crippen LogP contribution in [0.15, 0.2) is 62.0 Å². The summed E-state index contributed by atoms with van der Waals surface area (Å²) in [5.41, 5.74) is 2.83. The number of aromatic nitrogens is 2. The molecular weight excluding hydrogens is 374 g/mol. The first-order chi connectivity index (χ1) is 12.4. The highest BCUT2D eigenvalue weighted by molar-refractivity contribution is 7.92. The molecule has 0 amide bonds. The van der Waals surface area contributed by atoms with Crippen molar-refractivity contribution in [1.82, 2.24) is 9.97 Å². The summed E-state index contributed by atoms with van der Waals surface area (Å²) >= 11 is 1.56. The molecular formula is C17H13N3O4S2. The molecule has 0 atom stereocenters. The molecule has 2 aromatic heterocycles. The average molecular weight is 387 g/mol. The van der Waals surface area contributed by atoms with Gasteiger partial charge in [0.15, 0.2) is 5.58 Å². The minimum atomic E-state index is -3.80. The van der Waals surface area contributed by atoms with Crippen LogP contribution in [0.3, 0.4) is 0 Å². The van der Waals surface area contributed by atoms with Gasteiger partial charge in [-0.2, -0.15) is 0 Å². The highest BCUT2D eigenvalue weighted by Gasteiger charge is 2.16. The molecule has 4 aromatic rings. The second kappa shape index (κ2) is 6.11. The van der Waals surface area contributed by atoms with Crippen molar-refractivity contribution in [2.75, 3.05) is 4.72 Å². The van der Waals surface area contributed by atoms with E-state index in [1.165, 1.54) is 18.2 Å². The molecule has 0 unspecified atom stereocenters. The van der Waals surface area contributed by atoms with Gasteiger partial charge in [0.25, 0.3) is 10.0 Å². The molecule has 0 aliphatic heterocycles. The molecule has 2 aromatic carbocycles. The van der Waals surface area contributed by atoms with E-state index in [0.29, 0.717) is 16.8 Å². The lowest BCUT2D eigenvalue weighted by molar-refractivity contribution is 0.555. The van der Waals surface area contributed by atoms with Gasteiger partial charge in [0.05, 0.1) is 21.1 Å². The van der Waals surface area contributed by atoms with Gasteiger partial charge in [-0.3, -0.25) is 9.71 Å². The lowest BCUT2D eigenvalue weighted by atomic mass is 10.1. The summed E-state index contributed by atoms with van der Waals surface area (Å²) < 4.78 is 32.5. The molecule has 0 spiro atoms. The number of oxazole rings is 1. The molecule has 26 heavy (non-hydrogen) atoms. The maximum absolute atomic E-state index is 12.6. The van der Waals surface area contributed by atoms with Crippen LogP contribution < -0.4 is 10.5 Å². The zero-order chi connectivity index (χ0) is 18.3. The van der Waals surface area contributed by atoms with Gasteiger partial charge in [-0.25, -0.2) is 18.2 Å². The monoisotopic (exact) mass is 387 g/mol. The zero-order valence-electron chi connectivity index (χ0n) is 13.5. The molecule has 0 saturated heterocycles. The fourth-order valence-corrected chi connectivity index (χ4v) is 4.22. The third kappa shape index (κ3) is 3.14. The van der Waals surface area contributed by atoms with Crippen LogP contribution >= 0.6 is 11.3 Å². The molecule has 0 aliphatic rings. The molecule has 0 radical (unpaired) electrons. The Balaban J connectivity index is 1.61. The first kappa shape index (κ1) is 16.6. The van der Waals surface area contributed by atoms with Gasteiger partial charge >= 0.3 is 5.76 Å². The number of sulfonamides is 1. The number of hydrogen-bond donors (Lipinski definition) is 2. The van der Waals surface area contributed by atoms with Crippen molar-refractivity contribution in [3.63, 3.8) is 0 Å². The third-order valence-corrected chi connectivity index (χ3v) is 5.91. The van der Waals surface area contributed by atoms with Gasteiger partial charge in [-0.05, 0) is 37.3 Å². The minimum Gasteiger partial charge on any atom is -0.408 e. The standard InChI is InChI=1S/C17H13N3O4S2/c1-10-18-15(9-25-10)11-2-4-12(5-3-11)20-26(22,23)13-6-7-16-14(8-13)19-17(21)24-16/h2-9,20H,1H3,(H,19,21). The fourth-order valence-electron chi connectivity index (χ4n) is 2.52. The summed E-state index contributed by atoms with van der Waals surface area (Å²) in [7, 11) is -3.80. The summed E-state index contributed by atoms with van der Waals surface area (Å²) in [6.45, 7) is 1.93. The van der Waals surface area contributed by atoms with Crippen LogP contribution in [-0.2, 0) is 10.0 Å². The van der Waals surface area contributed by atoms with Crippen LogP contribution in [0.25, 0.3) is 22.4 Å². The van der Waals surface area contributed by atoms with Gasteiger partial charge < -0.3 is 4.42 Å². The van der Waals surface area contributed by atoms with E-state index in [9.17, 15) is 13.2 Å². The van der Waals surface area contributed by atoms with Gasteiger partial charge in [0.1, 0.15) is 0 Å². The van der Waals surface area contributed by atoms with Crippen molar-refractivity contribution >= 4 is 38.1 Å². The zero-order valence-corrected chi connectivity index (χ0v) is 15.1. The molecule has 4 rings (SSSR count). The van der Waals surface area contributed by atoms with Crippen LogP contribution in [0.2, 0.25) is 0 Å². The Kier molecular flexibility index (Phi) is 3.89. The van der Waals surface area contributed by atoms with E-state index < -0.39 is 15.8 Å². The number of thiazole rings is 1. The van der Waals surface area contributed by atoms with Crippen LogP contribution in [0, 0.1) is 6.92 Å². The van der Waals surface area contributed by atoms with E-state index in [0.717, 1.165) is 16.3 Å². The summed E-state index contributed by atoms with van der Waals surface area (Å²) in [4.78, 5) is 18.1. The number of nitrogens with one attached hydrogen (secondary N) is 2.